The first-order chi connectivity index (χ1) is 17.1. The first-order valence-electron chi connectivity index (χ1n) is 11.2. The maximum atomic E-state index is 12.7. The number of rotatable bonds is 6. The van der Waals surface area contributed by atoms with Crippen molar-refractivity contribution in [2.75, 3.05) is 14.2 Å². The molecule has 1 aliphatic heterocycles. The first kappa shape index (κ1) is 24.8. The molecule has 0 spiro atoms. The molecule has 1 aromatic heterocycles. The molecule has 1 unspecified atom stereocenters. The van der Waals surface area contributed by atoms with Crippen LogP contribution in [-0.2, 0) is 20.7 Å². The van der Waals surface area contributed by atoms with Gasteiger partial charge in [0.2, 0.25) is 5.75 Å². The van der Waals surface area contributed by atoms with Crippen LogP contribution in [0.1, 0.15) is 31.9 Å². The van der Waals surface area contributed by atoms with Crippen LogP contribution in [0.2, 0.25) is 0 Å². The Morgan fingerprint density at radius 3 is 2.39 bits per heavy atom. The second-order valence-electron chi connectivity index (χ2n) is 8.77. The number of carbonyl (C=O) groups is 2. The topological polar surface area (TPSA) is 111 Å². The highest BCUT2D eigenvalue weighted by molar-refractivity contribution is 5.88. The molecule has 0 fully saturated rings. The molecule has 0 N–H and O–H groups in total. The average molecular weight is 494 g/mol. The van der Waals surface area contributed by atoms with Crippen LogP contribution < -0.4 is 24.6 Å². The molecule has 0 saturated heterocycles. The van der Waals surface area contributed by atoms with E-state index in [0.717, 1.165) is 10.9 Å². The van der Waals surface area contributed by atoms with E-state index in [-0.39, 0.29) is 17.2 Å². The van der Waals surface area contributed by atoms with E-state index in [1.165, 1.54) is 33.3 Å². The molecule has 0 amide bonds. The first-order valence-corrected chi connectivity index (χ1v) is 11.2. The zero-order valence-electron chi connectivity index (χ0n) is 20.6. The summed E-state index contributed by atoms with van der Waals surface area (Å²) in [6, 6.07) is 9.80. The lowest BCUT2D eigenvalue weighted by atomic mass is 9.90. The fourth-order valence-electron chi connectivity index (χ4n) is 3.96. The van der Waals surface area contributed by atoms with Crippen molar-refractivity contribution < 1.29 is 37.7 Å². The van der Waals surface area contributed by atoms with Crippen molar-refractivity contribution in [1.29, 1.82) is 0 Å². The lowest BCUT2D eigenvalue weighted by molar-refractivity contribution is -0.155. The number of esters is 2. The van der Waals surface area contributed by atoms with Crippen LogP contribution in [0.5, 0.6) is 23.0 Å². The van der Waals surface area contributed by atoms with Gasteiger partial charge in [0.15, 0.2) is 11.5 Å². The van der Waals surface area contributed by atoms with Crippen molar-refractivity contribution in [3.63, 3.8) is 0 Å². The third-order valence-electron chi connectivity index (χ3n) is 5.76. The number of carbonyl (C=O) groups excluding carboxylic acids is 2. The molecular weight excluding hydrogens is 468 g/mol. The molecule has 9 heteroatoms. The van der Waals surface area contributed by atoms with Gasteiger partial charge in [-0.3, -0.25) is 4.79 Å². The van der Waals surface area contributed by atoms with Gasteiger partial charge in [-0.05, 0) is 55.3 Å². The molecule has 36 heavy (non-hydrogen) atoms. The third-order valence-corrected chi connectivity index (χ3v) is 5.76. The van der Waals surface area contributed by atoms with Crippen molar-refractivity contribution >= 4 is 29.0 Å². The molecule has 0 bridgehead atoms. The van der Waals surface area contributed by atoms with Crippen molar-refractivity contribution in [1.82, 2.24) is 0 Å². The molecule has 9 nitrogen and oxygen atoms in total. The fraction of sp³-hybridized carbons (Fsp3) is 0.296. The minimum absolute atomic E-state index is 0.152. The van der Waals surface area contributed by atoms with Gasteiger partial charge in [0, 0.05) is 36.9 Å². The van der Waals surface area contributed by atoms with Crippen LogP contribution in [0.25, 0.3) is 17.0 Å². The van der Waals surface area contributed by atoms with Gasteiger partial charge < -0.3 is 28.1 Å². The largest absolute Gasteiger partial charge is 0.493 e. The predicted octanol–water partition coefficient (Wildman–Crippen LogP) is 4.07. The van der Waals surface area contributed by atoms with Gasteiger partial charge in [-0.1, -0.05) is 0 Å². The van der Waals surface area contributed by atoms with Crippen LogP contribution >= 0.6 is 0 Å². The van der Waals surface area contributed by atoms with Crippen molar-refractivity contribution in [3.8, 4) is 23.0 Å². The molecule has 1 aliphatic rings. The molecule has 4 rings (SSSR count). The highest BCUT2D eigenvalue weighted by Gasteiger charge is 2.39. The van der Waals surface area contributed by atoms with E-state index in [9.17, 15) is 14.4 Å². The molecule has 3 aromatic rings. The van der Waals surface area contributed by atoms with E-state index >= 15 is 0 Å². The standard InChI is InChI=1S/C27H26O9/c1-15(28)33-26-21(31-4)10-16(11-22(26)32-5)6-8-25(30)35-23-13-18-12-17-7-9-24(29)34-19(17)14-20(18)36-27(23,2)3/h6-12,14,23H,13H2,1-5H3. The van der Waals surface area contributed by atoms with E-state index in [4.69, 9.17) is 28.1 Å². The number of ether oxygens (including phenoxy) is 5. The van der Waals surface area contributed by atoms with Crippen molar-refractivity contribution in [2.24, 2.45) is 0 Å². The summed E-state index contributed by atoms with van der Waals surface area (Å²) in [7, 11) is 2.87. The molecule has 0 radical (unpaired) electrons. The zero-order chi connectivity index (χ0) is 26.0. The number of methoxy groups -OCH3 is 2. The fourth-order valence-corrected chi connectivity index (χ4v) is 3.96. The molecular formula is C27H26O9. The van der Waals surface area contributed by atoms with Gasteiger partial charge in [0.05, 0.1) is 14.2 Å². The van der Waals surface area contributed by atoms with Crippen molar-refractivity contribution in [2.45, 2.75) is 38.9 Å². The maximum Gasteiger partial charge on any atom is 0.336 e. The summed E-state index contributed by atoms with van der Waals surface area (Å²) in [5, 5.41) is 0.752. The van der Waals surface area contributed by atoms with E-state index in [0.29, 0.717) is 23.3 Å². The van der Waals surface area contributed by atoms with Crippen LogP contribution in [0, 0.1) is 0 Å². The number of fused-ring (bicyclic) bond motifs is 2. The highest BCUT2D eigenvalue weighted by Crippen LogP contribution is 2.39. The molecule has 188 valence electrons. The van der Waals surface area contributed by atoms with Gasteiger partial charge in [0.25, 0.3) is 0 Å². The van der Waals surface area contributed by atoms with Gasteiger partial charge in [-0.2, -0.15) is 0 Å². The minimum Gasteiger partial charge on any atom is -0.493 e. The monoisotopic (exact) mass is 494 g/mol. The van der Waals surface area contributed by atoms with Crippen LogP contribution in [-0.4, -0.2) is 37.9 Å². The average Bonchev–Trinajstić information content (AvgIpc) is 2.82. The Morgan fingerprint density at radius 2 is 1.75 bits per heavy atom. The summed E-state index contributed by atoms with van der Waals surface area (Å²) in [5.41, 5.74) is 0.590. The molecule has 0 aliphatic carbocycles. The Morgan fingerprint density at radius 1 is 1.06 bits per heavy atom. The molecule has 1 atom stereocenters. The van der Waals surface area contributed by atoms with E-state index in [2.05, 4.69) is 0 Å². The van der Waals surface area contributed by atoms with Gasteiger partial charge in [-0.25, -0.2) is 9.59 Å². The predicted molar refractivity (Wildman–Crippen MR) is 131 cm³/mol. The van der Waals surface area contributed by atoms with Gasteiger partial charge in [0.1, 0.15) is 23.0 Å². The Bertz CT molecular complexity index is 1390. The molecule has 2 heterocycles. The number of hydrogen-bond acceptors (Lipinski definition) is 9. The SMILES string of the molecule is COc1cc(C=CC(=O)OC2Cc3cc4ccc(=O)oc4cc3OC2(C)C)cc(OC)c1OC(C)=O. The number of benzene rings is 2. The normalized spacial score (nSPS) is 16.2. The Balaban J connectivity index is 1.53. The molecule has 0 saturated carbocycles. The Labute approximate surface area is 207 Å². The van der Waals surface area contributed by atoms with E-state index in [1.54, 1.807) is 30.3 Å². The number of hydrogen-bond donors (Lipinski definition) is 0. The highest BCUT2D eigenvalue weighted by atomic mass is 16.6. The second-order valence-corrected chi connectivity index (χ2v) is 8.77. The summed E-state index contributed by atoms with van der Waals surface area (Å²) in [6.07, 6.45) is 2.70. The Hall–Kier alpha value is -4.27. The quantitative estimate of drug-likeness (QED) is 0.217. The van der Waals surface area contributed by atoms with Crippen LogP contribution in [0.3, 0.4) is 0 Å². The maximum absolute atomic E-state index is 12.7. The molecule has 2 aromatic carbocycles. The van der Waals surface area contributed by atoms with Crippen molar-refractivity contribution in [3.05, 3.63) is 64.0 Å². The van der Waals surface area contributed by atoms with E-state index in [1.807, 2.05) is 19.9 Å². The van der Waals surface area contributed by atoms with Crippen LogP contribution in [0.4, 0.5) is 0 Å². The summed E-state index contributed by atoms with van der Waals surface area (Å²) in [5.74, 6) is 0.206. The van der Waals surface area contributed by atoms with E-state index < -0.39 is 29.3 Å². The summed E-state index contributed by atoms with van der Waals surface area (Å²) in [6.45, 7) is 4.93. The lowest BCUT2D eigenvalue weighted by Crippen LogP contribution is -2.48. The van der Waals surface area contributed by atoms with Gasteiger partial charge >= 0.3 is 17.6 Å². The summed E-state index contributed by atoms with van der Waals surface area (Å²) >= 11 is 0. The summed E-state index contributed by atoms with van der Waals surface area (Å²) in [4.78, 5) is 35.7. The van der Waals surface area contributed by atoms with Gasteiger partial charge in [-0.15, -0.1) is 0 Å². The smallest absolute Gasteiger partial charge is 0.336 e. The summed E-state index contributed by atoms with van der Waals surface area (Å²) < 4.78 is 32.9. The minimum atomic E-state index is -0.822. The van der Waals surface area contributed by atoms with Crippen LogP contribution in [0.15, 0.2) is 51.7 Å². The zero-order valence-corrected chi connectivity index (χ0v) is 20.6. The lowest BCUT2D eigenvalue weighted by Gasteiger charge is -2.39. The Kier molecular flexibility index (Phi) is 6.74. The second kappa shape index (κ2) is 9.77. The third kappa shape index (κ3) is 5.19.